The van der Waals surface area contributed by atoms with E-state index < -0.39 is 11.6 Å². The van der Waals surface area contributed by atoms with Crippen molar-refractivity contribution in [3.63, 3.8) is 0 Å². The first-order valence-electron chi connectivity index (χ1n) is 12.4. The highest BCUT2D eigenvalue weighted by atomic mass is 19.1. The van der Waals surface area contributed by atoms with E-state index in [4.69, 9.17) is 14.1 Å². The molecule has 0 amide bonds. The van der Waals surface area contributed by atoms with Crippen LogP contribution in [-0.2, 0) is 7.05 Å². The van der Waals surface area contributed by atoms with Gasteiger partial charge in [0, 0.05) is 36.7 Å². The normalized spacial score (nSPS) is 16.2. The van der Waals surface area contributed by atoms with Gasteiger partial charge in [0.1, 0.15) is 11.3 Å². The molecule has 38 heavy (non-hydrogen) atoms. The number of piperidine rings is 1. The van der Waals surface area contributed by atoms with Crippen LogP contribution in [0.15, 0.2) is 58.1 Å². The zero-order chi connectivity index (χ0) is 26.4. The van der Waals surface area contributed by atoms with Crippen LogP contribution in [0.4, 0.5) is 4.39 Å². The largest absolute Gasteiger partial charge is 0.476 e. The molecule has 9 nitrogen and oxygen atoms in total. The van der Waals surface area contributed by atoms with Gasteiger partial charge in [0.05, 0.1) is 47.7 Å². The van der Waals surface area contributed by atoms with Gasteiger partial charge in [0.25, 0.3) is 0 Å². The fourth-order valence-electron chi connectivity index (χ4n) is 5.16. The Kier molecular flexibility index (Phi) is 5.93. The monoisotopic (exact) mass is 512 g/mol. The number of imidazole rings is 1. The van der Waals surface area contributed by atoms with Gasteiger partial charge >= 0.3 is 5.76 Å². The quantitative estimate of drug-likeness (QED) is 0.347. The summed E-state index contributed by atoms with van der Waals surface area (Å²) in [5.41, 5.74) is 3.45. The van der Waals surface area contributed by atoms with E-state index in [2.05, 4.69) is 23.0 Å². The molecule has 3 aromatic heterocycles. The van der Waals surface area contributed by atoms with E-state index in [-0.39, 0.29) is 11.1 Å². The number of hydrogen-bond donors (Lipinski definition) is 0. The van der Waals surface area contributed by atoms with Gasteiger partial charge in [-0.1, -0.05) is 12.1 Å². The minimum absolute atomic E-state index is 0.196. The number of aromatic nitrogens is 4. The molecular formula is C28H25FN6O3. The van der Waals surface area contributed by atoms with Crippen LogP contribution in [0.5, 0.6) is 5.88 Å². The smallest absolute Gasteiger partial charge is 0.419 e. The van der Waals surface area contributed by atoms with E-state index in [0.29, 0.717) is 52.0 Å². The second-order valence-electron chi connectivity index (χ2n) is 9.76. The number of nitriles is 1. The fraction of sp³-hybridized carbons (Fsp3) is 0.286. The highest BCUT2D eigenvalue weighted by molar-refractivity contribution is 5.87. The van der Waals surface area contributed by atoms with Crippen LogP contribution >= 0.6 is 0 Å². The van der Waals surface area contributed by atoms with Crippen molar-refractivity contribution in [2.24, 2.45) is 13.0 Å². The number of hydrogen-bond acceptors (Lipinski definition) is 7. The van der Waals surface area contributed by atoms with Crippen molar-refractivity contribution in [2.75, 3.05) is 26.7 Å². The Morgan fingerprint density at radius 1 is 1.21 bits per heavy atom. The van der Waals surface area contributed by atoms with Crippen LogP contribution in [0.3, 0.4) is 0 Å². The van der Waals surface area contributed by atoms with Crippen molar-refractivity contribution < 1.29 is 13.5 Å². The van der Waals surface area contributed by atoms with Crippen molar-refractivity contribution in [3.8, 4) is 34.5 Å². The lowest BCUT2D eigenvalue weighted by molar-refractivity contribution is 0.148. The van der Waals surface area contributed by atoms with Gasteiger partial charge in [0.2, 0.25) is 5.88 Å². The molecule has 1 aliphatic rings. The Morgan fingerprint density at radius 2 is 2.03 bits per heavy atom. The lowest BCUT2D eigenvalue weighted by Gasteiger charge is -2.29. The average Bonchev–Trinajstić information content (AvgIpc) is 3.52. The minimum Gasteiger partial charge on any atom is -0.476 e. The third-order valence-corrected chi connectivity index (χ3v) is 7.14. The summed E-state index contributed by atoms with van der Waals surface area (Å²) in [5, 5.41) is 9.27. The molecule has 5 aromatic rings. The average molecular weight is 513 g/mol. The number of benzene rings is 2. The van der Waals surface area contributed by atoms with Crippen molar-refractivity contribution >= 4 is 16.6 Å². The number of likely N-dealkylation sites (tertiary alicyclic amines) is 1. The number of aryl methyl sites for hydroxylation is 1. The van der Waals surface area contributed by atoms with E-state index in [0.717, 1.165) is 25.9 Å². The van der Waals surface area contributed by atoms with Crippen molar-refractivity contribution in [3.05, 3.63) is 70.9 Å². The van der Waals surface area contributed by atoms with Crippen LogP contribution in [0.25, 0.3) is 39.1 Å². The number of fused-ring (bicyclic) bond motifs is 2. The summed E-state index contributed by atoms with van der Waals surface area (Å²) < 4.78 is 30.3. The SMILES string of the molecule is CN1CCC[C@@H](COc2nc(-c3ccc(C#N)cc3)c(-c3cc4oc(=O)n(C)c4cc3F)n3cncc23)C1. The molecule has 2 aromatic carbocycles. The maximum Gasteiger partial charge on any atom is 0.419 e. The molecule has 192 valence electrons. The molecule has 0 saturated carbocycles. The molecule has 4 heterocycles. The lowest BCUT2D eigenvalue weighted by Crippen LogP contribution is -2.34. The van der Waals surface area contributed by atoms with E-state index in [1.807, 2.05) is 0 Å². The zero-order valence-corrected chi connectivity index (χ0v) is 21.0. The molecule has 1 aliphatic heterocycles. The van der Waals surface area contributed by atoms with E-state index in [9.17, 15) is 10.1 Å². The summed E-state index contributed by atoms with van der Waals surface area (Å²) in [6.45, 7) is 2.53. The van der Waals surface area contributed by atoms with Crippen molar-refractivity contribution in [1.29, 1.82) is 5.26 Å². The highest BCUT2D eigenvalue weighted by Gasteiger charge is 2.24. The van der Waals surface area contributed by atoms with Crippen LogP contribution in [0.1, 0.15) is 18.4 Å². The van der Waals surface area contributed by atoms with E-state index in [1.165, 1.54) is 23.7 Å². The Bertz CT molecular complexity index is 1760. The summed E-state index contributed by atoms with van der Waals surface area (Å²) in [7, 11) is 3.64. The van der Waals surface area contributed by atoms with Crippen molar-refractivity contribution in [2.45, 2.75) is 12.8 Å². The van der Waals surface area contributed by atoms with Crippen LogP contribution in [0.2, 0.25) is 0 Å². The summed E-state index contributed by atoms with van der Waals surface area (Å²) in [4.78, 5) is 23.6. The molecule has 0 bridgehead atoms. The molecule has 10 heteroatoms. The number of halogens is 1. The first-order chi connectivity index (χ1) is 18.4. The van der Waals surface area contributed by atoms with Gasteiger partial charge < -0.3 is 14.1 Å². The van der Waals surface area contributed by atoms with Gasteiger partial charge in [-0.3, -0.25) is 8.97 Å². The molecule has 1 atom stereocenters. The molecule has 1 fully saturated rings. The third-order valence-electron chi connectivity index (χ3n) is 7.14. The van der Waals surface area contributed by atoms with Gasteiger partial charge in [-0.25, -0.2) is 19.2 Å². The summed E-state index contributed by atoms with van der Waals surface area (Å²) in [5.74, 6) is -0.352. The maximum atomic E-state index is 15.7. The molecule has 0 spiro atoms. The number of oxazole rings is 1. The minimum atomic E-state index is -0.577. The standard InChI is InChI=1S/C28H25FN6O3/c1-33-9-3-4-18(14-33)15-37-27-23-13-31-16-35(23)26(25(32-27)19-7-5-17(12-30)6-8-19)20-10-24-22(11-21(20)29)34(2)28(36)38-24/h5-8,10-11,13,16,18H,3-4,9,14-15H2,1-2H3/t18-/m1/s1. The van der Waals surface area contributed by atoms with Crippen LogP contribution < -0.4 is 10.5 Å². The predicted octanol–water partition coefficient (Wildman–Crippen LogP) is 4.24. The number of ether oxygens (including phenoxy) is 1. The van der Waals surface area contributed by atoms with Gasteiger partial charge in [-0.05, 0) is 44.6 Å². The fourth-order valence-corrected chi connectivity index (χ4v) is 5.16. The summed E-state index contributed by atoms with van der Waals surface area (Å²) in [6, 6.07) is 11.8. The molecule has 0 aliphatic carbocycles. The van der Waals surface area contributed by atoms with E-state index >= 15 is 4.39 Å². The second kappa shape index (κ2) is 9.43. The van der Waals surface area contributed by atoms with Gasteiger partial charge in [0.15, 0.2) is 5.58 Å². The summed E-state index contributed by atoms with van der Waals surface area (Å²) in [6.07, 6.45) is 5.42. The molecule has 6 rings (SSSR count). The Morgan fingerprint density at radius 3 is 2.79 bits per heavy atom. The van der Waals surface area contributed by atoms with Gasteiger partial charge in [-0.15, -0.1) is 0 Å². The van der Waals surface area contributed by atoms with Crippen molar-refractivity contribution in [1.82, 2.24) is 23.8 Å². The molecular weight excluding hydrogens is 487 g/mol. The van der Waals surface area contributed by atoms with Gasteiger partial charge in [-0.2, -0.15) is 5.26 Å². The summed E-state index contributed by atoms with van der Waals surface area (Å²) >= 11 is 0. The van der Waals surface area contributed by atoms with E-state index in [1.54, 1.807) is 41.2 Å². The Labute approximate surface area is 217 Å². The first-order valence-corrected chi connectivity index (χ1v) is 12.4. The predicted molar refractivity (Wildman–Crippen MR) is 139 cm³/mol. The molecule has 0 N–H and O–H groups in total. The highest BCUT2D eigenvalue weighted by Crippen LogP contribution is 2.37. The molecule has 0 radical (unpaired) electrons. The van der Waals surface area contributed by atoms with Crippen LogP contribution in [-0.4, -0.2) is 50.6 Å². The molecule has 1 saturated heterocycles. The zero-order valence-electron chi connectivity index (χ0n) is 21.0. The second-order valence-corrected chi connectivity index (χ2v) is 9.76. The molecule has 0 unspecified atom stereocenters. The lowest BCUT2D eigenvalue weighted by atomic mass is 9.99. The topological polar surface area (TPSA) is 102 Å². The maximum absolute atomic E-state index is 15.7. The number of nitrogens with zero attached hydrogens (tertiary/aromatic N) is 6. The number of rotatable bonds is 5. The third kappa shape index (κ3) is 4.11. The Hall–Kier alpha value is -4.49. The Balaban J connectivity index is 1.54. The first kappa shape index (κ1) is 23.9. The van der Waals surface area contributed by atoms with Crippen LogP contribution in [0, 0.1) is 23.1 Å².